The van der Waals surface area contributed by atoms with E-state index in [1.807, 2.05) is 11.8 Å². The second-order valence-corrected chi connectivity index (χ2v) is 13.8. The molecule has 0 aliphatic carbocycles. The third-order valence-corrected chi connectivity index (χ3v) is 10.5. The maximum Gasteiger partial charge on any atom is 0.356 e. The molecule has 47 heavy (non-hydrogen) atoms. The molecule has 2 amide bonds. The third-order valence-electron chi connectivity index (χ3n) is 9.20. The largest absolute Gasteiger partial charge is 0.456 e. The van der Waals surface area contributed by atoms with Crippen LogP contribution in [0, 0.1) is 26.1 Å². The van der Waals surface area contributed by atoms with Gasteiger partial charge in [0.15, 0.2) is 0 Å². The molecule has 0 saturated carbocycles. The number of ether oxygens (including phenoxy) is 1. The zero-order valence-corrected chi connectivity index (χ0v) is 27.3. The molecule has 3 aliphatic heterocycles. The number of hydrogen-bond acceptors (Lipinski definition) is 11. The van der Waals surface area contributed by atoms with Gasteiger partial charge in [-0.25, -0.2) is 4.79 Å². The molecule has 2 aromatic rings. The first-order valence-electron chi connectivity index (χ1n) is 15.3. The standard InChI is InChI=1S/C32H37N5O9S/c1-5-32-15-26(47-24-14-25(29(39)33(3)4)34(17-24)16-20-6-10-22(11-7-20)36(42)43)28(35(32)30(40)27(32)19(2)38)31(41)46-18-21-8-12-23(13-9-21)37(44)45/h6-13,19,24-25,27,38H,5,14-18H2,1-4H3/t19-,24+,25+,27+,32?/m1/s1. The molecule has 1 N–H and O–H groups in total. The number of aliphatic hydroxyl groups is 1. The van der Waals surface area contributed by atoms with Gasteiger partial charge in [-0.15, -0.1) is 11.8 Å². The van der Waals surface area contributed by atoms with E-state index in [1.54, 1.807) is 33.2 Å². The highest BCUT2D eigenvalue weighted by Gasteiger charge is 2.66. The summed E-state index contributed by atoms with van der Waals surface area (Å²) in [7, 11) is 3.37. The average Bonchev–Trinajstić information content (AvgIpc) is 3.55. The summed E-state index contributed by atoms with van der Waals surface area (Å²) in [5.74, 6) is -1.84. The monoisotopic (exact) mass is 667 g/mol. The molecule has 5 rings (SSSR count). The Hall–Kier alpha value is -4.34. The number of β-lactam (4-membered cyclic amide) rings is 1. The first kappa shape index (κ1) is 34.0. The Bertz CT molecular complexity index is 1610. The van der Waals surface area contributed by atoms with E-state index in [0.717, 1.165) is 5.56 Å². The number of nitro benzene ring substituents is 2. The minimum atomic E-state index is -0.925. The molecule has 3 aliphatic rings. The number of esters is 1. The van der Waals surface area contributed by atoms with Gasteiger partial charge in [0.1, 0.15) is 12.3 Å². The first-order chi connectivity index (χ1) is 22.3. The normalized spacial score (nSPS) is 24.5. The van der Waals surface area contributed by atoms with E-state index in [-0.39, 0.29) is 40.7 Å². The Kier molecular flexibility index (Phi) is 9.70. The maximum atomic E-state index is 13.7. The van der Waals surface area contributed by atoms with Gasteiger partial charge in [-0.1, -0.05) is 19.1 Å². The zero-order chi connectivity index (χ0) is 34.2. The lowest BCUT2D eigenvalue weighted by atomic mass is 9.68. The van der Waals surface area contributed by atoms with E-state index in [0.29, 0.717) is 42.8 Å². The van der Waals surface area contributed by atoms with Crippen LogP contribution in [-0.4, -0.2) is 91.0 Å². The molecular weight excluding hydrogens is 630 g/mol. The molecule has 5 atom stereocenters. The first-order valence-corrected chi connectivity index (χ1v) is 16.2. The van der Waals surface area contributed by atoms with Gasteiger partial charge < -0.3 is 14.7 Å². The van der Waals surface area contributed by atoms with E-state index in [4.69, 9.17) is 4.74 Å². The SMILES string of the molecule is CCC12CC(S[C@H]3C[C@@H](C(=O)N(C)C)N(Cc4ccc([N+](=O)[O-])cc4)C3)=C(C(=O)OCc3ccc([N+](=O)[O-])cc3)N1C(=O)[C@@H]2[C@@H](C)O. The second kappa shape index (κ2) is 13.4. The lowest BCUT2D eigenvalue weighted by Crippen LogP contribution is -2.71. The van der Waals surface area contributed by atoms with Crippen LogP contribution in [0.3, 0.4) is 0 Å². The number of nitro groups is 2. The molecule has 15 heteroatoms. The minimum absolute atomic E-state index is 0.0229. The van der Waals surface area contributed by atoms with Crippen LogP contribution in [0.15, 0.2) is 59.1 Å². The van der Waals surface area contributed by atoms with Gasteiger partial charge in [-0.05, 0) is 43.0 Å². The Labute approximate surface area is 275 Å². The fraction of sp³-hybridized carbons (Fsp3) is 0.469. The number of carbonyl (C=O) groups excluding carboxylic acids is 3. The number of fused-ring (bicyclic) bond motifs is 1. The van der Waals surface area contributed by atoms with Crippen molar-refractivity contribution in [3.05, 3.63) is 90.5 Å². The molecule has 3 heterocycles. The van der Waals surface area contributed by atoms with Crippen molar-refractivity contribution >= 4 is 40.9 Å². The van der Waals surface area contributed by atoms with Crippen LogP contribution in [0.2, 0.25) is 0 Å². The predicted octanol–water partition coefficient (Wildman–Crippen LogP) is 3.61. The smallest absolute Gasteiger partial charge is 0.356 e. The highest BCUT2D eigenvalue weighted by Crippen LogP contribution is 2.57. The van der Waals surface area contributed by atoms with Crippen molar-refractivity contribution in [3.8, 4) is 0 Å². The second-order valence-electron chi connectivity index (χ2n) is 12.4. The Morgan fingerprint density at radius 1 is 1.06 bits per heavy atom. The number of benzene rings is 2. The van der Waals surface area contributed by atoms with Crippen LogP contribution < -0.4 is 0 Å². The molecule has 0 radical (unpaired) electrons. The molecule has 250 valence electrons. The number of aliphatic hydroxyl groups excluding tert-OH is 1. The van der Waals surface area contributed by atoms with Crippen LogP contribution in [0.1, 0.15) is 44.2 Å². The zero-order valence-electron chi connectivity index (χ0n) is 26.5. The van der Waals surface area contributed by atoms with Gasteiger partial charge in [0.05, 0.1) is 33.4 Å². The van der Waals surface area contributed by atoms with Crippen molar-refractivity contribution in [2.45, 2.75) is 69.2 Å². The van der Waals surface area contributed by atoms with E-state index in [2.05, 4.69) is 0 Å². The molecule has 2 saturated heterocycles. The van der Waals surface area contributed by atoms with Crippen molar-refractivity contribution in [1.82, 2.24) is 14.7 Å². The predicted molar refractivity (Wildman–Crippen MR) is 172 cm³/mol. The van der Waals surface area contributed by atoms with E-state index >= 15 is 0 Å². The number of amides is 2. The number of non-ortho nitro benzene ring substituents is 2. The Morgan fingerprint density at radius 2 is 1.64 bits per heavy atom. The van der Waals surface area contributed by atoms with E-state index < -0.39 is 39.4 Å². The molecule has 0 aromatic heterocycles. The van der Waals surface area contributed by atoms with Crippen LogP contribution >= 0.6 is 11.8 Å². The van der Waals surface area contributed by atoms with Gasteiger partial charge in [0.2, 0.25) is 11.8 Å². The summed E-state index contributed by atoms with van der Waals surface area (Å²) in [6, 6.07) is 11.4. The highest BCUT2D eigenvalue weighted by atomic mass is 32.2. The molecule has 2 aromatic carbocycles. The number of carbonyl (C=O) groups is 3. The number of hydrogen-bond donors (Lipinski definition) is 1. The summed E-state index contributed by atoms with van der Waals surface area (Å²) < 4.78 is 5.66. The van der Waals surface area contributed by atoms with Crippen LogP contribution in [-0.2, 0) is 32.3 Å². The summed E-state index contributed by atoms with van der Waals surface area (Å²) in [6.45, 7) is 4.18. The van der Waals surface area contributed by atoms with E-state index in [9.17, 15) is 39.7 Å². The fourth-order valence-corrected chi connectivity index (χ4v) is 8.46. The Balaban J connectivity index is 1.40. The van der Waals surface area contributed by atoms with Crippen molar-refractivity contribution < 1.29 is 34.1 Å². The summed E-state index contributed by atoms with van der Waals surface area (Å²) in [5, 5.41) is 32.5. The molecule has 14 nitrogen and oxygen atoms in total. The summed E-state index contributed by atoms with van der Waals surface area (Å²) in [5.41, 5.74) is 0.581. The molecule has 0 bridgehead atoms. The third kappa shape index (κ3) is 6.47. The van der Waals surface area contributed by atoms with Gasteiger partial charge in [-0.2, -0.15) is 0 Å². The molecule has 1 unspecified atom stereocenters. The number of likely N-dealkylation sites (N-methyl/N-ethyl adjacent to an activating group) is 1. The van der Waals surface area contributed by atoms with E-state index in [1.165, 1.54) is 58.0 Å². The minimum Gasteiger partial charge on any atom is -0.456 e. The van der Waals surface area contributed by atoms with Crippen LogP contribution in [0.5, 0.6) is 0 Å². The number of likely N-dealkylation sites (tertiary alicyclic amines) is 1. The van der Waals surface area contributed by atoms with Gasteiger partial charge >= 0.3 is 5.97 Å². The fourth-order valence-electron chi connectivity index (χ4n) is 6.90. The van der Waals surface area contributed by atoms with Gasteiger partial charge in [0.25, 0.3) is 11.4 Å². The lowest BCUT2D eigenvalue weighted by molar-refractivity contribution is -0.385. The lowest BCUT2D eigenvalue weighted by Gasteiger charge is -2.55. The number of rotatable bonds is 12. The van der Waals surface area contributed by atoms with Gasteiger partial charge in [-0.3, -0.25) is 39.6 Å². The van der Waals surface area contributed by atoms with Crippen molar-refractivity contribution in [2.24, 2.45) is 5.92 Å². The van der Waals surface area contributed by atoms with Crippen LogP contribution in [0.4, 0.5) is 11.4 Å². The van der Waals surface area contributed by atoms with Crippen molar-refractivity contribution in [3.63, 3.8) is 0 Å². The molecule has 2 fully saturated rings. The summed E-state index contributed by atoms with van der Waals surface area (Å²) >= 11 is 1.44. The van der Waals surface area contributed by atoms with Crippen molar-refractivity contribution in [1.29, 1.82) is 0 Å². The van der Waals surface area contributed by atoms with Crippen LogP contribution in [0.25, 0.3) is 0 Å². The van der Waals surface area contributed by atoms with Gasteiger partial charge in [0, 0.05) is 68.0 Å². The number of nitrogens with zero attached hydrogens (tertiary/aromatic N) is 5. The summed E-state index contributed by atoms with van der Waals surface area (Å²) in [6.07, 6.45) is 0.390. The average molecular weight is 668 g/mol. The topological polar surface area (TPSA) is 177 Å². The molecule has 0 spiro atoms. The summed E-state index contributed by atoms with van der Waals surface area (Å²) in [4.78, 5) is 67.2. The van der Waals surface area contributed by atoms with Crippen molar-refractivity contribution in [2.75, 3.05) is 20.6 Å². The maximum absolute atomic E-state index is 13.7. The quantitative estimate of drug-likeness (QED) is 0.151. The highest BCUT2D eigenvalue weighted by molar-refractivity contribution is 8.03. The Morgan fingerprint density at radius 3 is 2.15 bits per heavy atom. The molecular formula is C32H37N5O9S. The number of thioether (sulfide) groups is 1.